The Hall–Kier alpha value is -3.94. The van der Waals surface area contributed by atoms with Crippen LogP contribution in [0.2, 0.25) is 0 Å². The summed E-state index contributed by atoms with van der Waals surface area (Å²) < 4.78 is 22.3. The van der Waals surface area contributed by atoms with Gasteiger partial charge in [0.1, 0.15) is 11.6 Å². The zero-order chi connectivity index (χ0) is 21.8. The first-order valence-corrected chi connectivity index (χ1v) is 9.78. The highest BCUT2D eigenvalue weighted by atomic mass is 19.1. The number of carbonyl (C=O) groups is 1. The van der Waals surface area contributed by atoms with Crippen LogP contribution in [0.4, 0.5) is 10.1 Å². The van der Waals surface area contributed by atoms with Gasteiger partial charge in [-0.1, -0.05) is 29.8 Å². The monoisotopic (exact) mass is 419 g/mol. The lowest BCUT2D eigenvalue weighted by Crippen LogP contribution is -2.14. The van der Waals surface area contributed by atoms with Crippen LogP contribution in [-0.2, 0) is 13.3 Å². The van der Waals surface area contributed by atoms with Crippen LogP contribution >= 0.6 is 0 Å². The van der Waals surface area contributed by atoms with Crippen LogP contribution in [0.25, 0.3) is 0 Å². The molecule has 4 rings (SSSR count). The Morgan fingerprint density at radius 1 is 1.13 bits per heavy atom. The minimum absolute atomic E-state index is 0.197. The summed E-state index contributed by atoms with van der Waals surface area (Å²) in [5.41, 5.74) is 3.79. The minimum atomic E-state index is -0.351. The zero-order valence-electron chi connectivity index (χ0n) is 17.2. The molecule has 1 amide bonds. The molecule has 0 aliphatic rings. The Labute approximate surface area is 179 Å². The maximum atomic E-state index is 13.3. The van der Waals surface area contributed by atoms with Gasteiger partial charge in [0, 0.05) is 12.4 Å². The number of ether oxygens (including phenoxy) is 1. The van der Waals surface area contributed by atoms with Crippen LogP contribution in [0.3, 0.4) is 0 Å². The van der Waals surface area contributed by atoms with Crippen LogP contribution in [0.1, 0.15) is 27.2 Å². The van der Waals surface area contributed by atoms with Crippen molar-refractivity contribution in [1.82, 2.24) is 19.6 Å². The topological polar surface area (TPSA) is 74.0 Å². The SMILES string of the molecule is Cc1ccc(OCn2ccc(C(=O)Nc3cnn(Cc4cccc(F)c4)c3)n2)c(C)c1. The molecule has 0 aliphatic heterocycles. The molecule has 4 aromatic rings. The van der Waals surface area contributed by atoms with Crippen molar-refractivity contribution >= 4 is 11.6 Å². The molecular formula is C23H22FN5O2. The second kappa shape index (κ2) is 8.83. The maximum Gasteiger partial charge on any atom is 0.276 e. The van der Waals surface area contributed by atoms with Gasteiger partial charge >= 0.3 is 0 Å². The summed E-state index contributed by atoms with van der Waals surface area (Å²) in [5, 5.41) is 11.2. The van der Waals surface area contributed by atoms with Crippen LogP contribution in [0, 0.1) is 19.7 Å². The third-order valence-electron chi connectivity index (χ3n) is 4.68. The summed E-state index contributed by atoms with van der Waals surface area (Å²) in [6.45, 7) is 4.61. The summed E-state index contributed by atoms with van der Waals surface area (Å²) in [7, 11) is 0. The highest BCUT2D eigenvalue weighted by molar-refractivity contribution is 6.02. The fraction of sp³-hybridized carbons (Fsp3) is 0.174. The first-order chi connectivity index (χ1) is 15.0. The minimum Gasteiger partial charge on any atom is -0.471 e. The van der Waals surface area contributed by atoms with Gasteiger partial charge in [-0.05, 0) is 49.2 Å². The van der Waals surface area contributed by atoms with Crippen LogP contribution in [-0.4, -0.2) is 25.5 Å². The second-order valence-electron chi connectivity index (χ2n) is 7.29. The van der Waals surface area contributed by atoms with Crippen molar-refractivity contribution in [3.63, 3.8) is 0 Å². The van der Waals surface area contributed by atoms with E-state index in [1.807, 2.05) is 38.1 Å². The van der Waals surface area contributed by atoms with Crippen molar-refractivity contribution < 1.29 is 13.9 Å². The molecule has 2 aromatic carbocycles. The molecule has 0 unspecified atom stereocenters. The van der Waals surface area contributed by atoms with Crippen molar-refractivity contribution in [1.29, 1.82) is 0 Å². The fourth-order valence-corrected chi connectivity index (χ4v) is 3.18. The third kappa shape index (κ3) is 5.16. The number of nitrogens with one attached hydrogen (secondary N) is 1. The maximum absolute atomic E-state index is 13.3. The number of rotatable bonds is 7. The summed E-state index contributed by atoms with van der Waals surface area (Å²) in [5.74, 6) is 0.128. The van der Waals surface area contributed by atoms with E-state index in [-0.39, 0.29) is 24.1 Å². The standard InChI is InChI=1S/C23H22FN5O2/c1-16-6-7-22(17(2)10-16)31-15-28-9-8-21(27-28)23(30)26-20-12-25-29(14-20)13-18-4-3-5-19(24)11-18/h3-12,14H,13,15H2,1-2H3,(H,26,30). The third-order valence-corrected chi connectivity index (χ3v) is 4.68. The van der Waals surface area contributed by atoms with E-state index in [0.29, 0.717) is 12.2 Å². The Balaban J connectivity index is 1.34. The van der Waals surface area contributed by atoms with E-state index in [2.05, 4.69) is 15.5 Å². The number of nitrogens with zero attached hydrogens (tertiary/aromatic N) is 4. The number of benzene rings is 2. The molecule has 0 aliphatic carbocycles. The number of anilines is 1. The van der Waals surface area contributed by atoms with E-state index >= 15 is 0 Å². The van der Waals surface area contributed by atoms with Crippen molar-refractivity contribution in [3.8, 4) is 5.75 Å². The van der Waals surface area contributed by atoms with Crippen molar-refractivity contribution in [2.75, 3.05) is 5.32 Å². The average molecular weight is 419 g/mol. The molecule has 0 spiro atoms. The van der Waals surface area contributed by atoms with E-state index in [1.54, 1.807) is 33.9 Å². The molecular weight excluding hydrogens is 397 g/mol. The lowest BCUT2D eigenvalue weighted by Gasteiger charge is -2.09. The normalized spacial score (nSPS) is 10.8. The average Bonchev–Trinajstić information content (AvgIpc) is 3.37. The van der Waals surface area contributed by atoms with Gasteiger partial charge in [-0.15, -0.1) is 0 Å². The van der Waals surface area contributed by atoms with Crippen molar-refractivity contribution in [2.24, 2.45) is 0 Å². The number of hydrogen-bond acceptors (Lipinski definition) is 4. The molecule has 2 heterocycles. The molecule has 0 atom stereocenters. The summed E-state index contributed by atoms with van der Waals surface area (Å²) in [6.07, 6.45) is 4.91. The van der Waals surface area contributed by atoms with E-state index < -0.39 is 0 Å². The Kier molecular flexibility index (Phi) is 5.79. The summed E-state index contributed by atoms with van der Waals surface area (Å²) in [6, 6.07) is 13.9. The van der Waals surface area contributed by atoms with Crippen LogP contribution in [0.15, 0.2) is 67.1 Å². The molecule has 0 saturated carbocycles. The van der Waals surface area contributed by atoms with Gasteiger partial charge < -0.3 is 10.1 Å². The van der Waals surface area contributed by atoms with Gasteiger partial charge in [-0.25, -0.2) is 9.07 Å². The largest absolute Gasteiger partial charge is 0.471 e. The smallest absolute Gasteiger partial charge is 0.276 e. The molecule has 8 heteroatoms. The molecule has 158 valence electrons. The number of hydrogen-bond donors (Lipinski definition) is 1. The molecule has 0 saturated heterocycles. The van der Waals surface area contributed by atoms with Crippen molar-refractivity contribution in [2.45, 2.75) is 27.1 Å². The predicted octanol–water partition coefficient (Wildman–Crippen LogP) is 4.17. The molecule has 0 radical (unpaired) electrons. The fourth-order valence-electron chi connectivity index (χ4n) is 3.18. The van der Waals surface area contributed by atoms with Gasteiger partial charge in [0.05, 0.1) is 18.4 Å². The molecule has 2 aromatic heterocycles. The Bertz CT molecular complexity index is 1210. The second-order valence-corrected chi connectivity index (χ2v) is 7.29. The number of amides is 1. The van der Waals surface area contributed by atoms with Crippen LogP contribution in [0.5, 0.6) is 5.75 Å². The molecule has 7 nitrogen and oxygen atoms in total. The zero-order valence-corrected chi connectivity index (χ0v) is 17.2. The highest BCUT2D eigenvalue weighted by Crippen LogP contribution is 2.19. The lowest BCUT2D eigenvalue weighted by atomic mass is 10.1. The summed E-state index contributed by atoms with van der Waals surface area (Å²) in [4.78, 5) is 12.5. The molecule has 31 heavy (non-hydrogen) atoms. The van der Waals surface area contributed by atoms with E-state index in [1.165, 1.54) is 23.9 Å². The van der Waals surface area contributed by atoms with Crippen molar-refractivity contribution in [3.05, 3.63) is 95.3 Å². The van der Waals surface area contributed by atoms with Gasteiger partial charge in [0.15, 0.2) is 12.4 Å². The van der Waals surface area contributed by atoms with E-state index in [9.17, 15) is 9.18 Å². The molecule has 1 N–H and O–H groups in total. The summed E-state index contributed by atoms with van der Waals surface area (Å²) >= 11 is 0. The highest BCUT2D eigenvalue weighted by Gasteiger charge is 2.12. The first-order valence-electron chi connectivity index (χ1n) is 9.78. The molecule has 0 bridgehead atoms. The van der Waals surface area contributed by atoms with Gasteiger partial charge in [0.2, 0.25) is 0 Å². The molecule has 0 fully saturated rings. The van der Waals surface area contributed by atoms with Gasteiger partial charge in [0.25, 0.3) is 5.91 Å². The number of aromatic nitrogens is 4. The van der Waals surface area contributed by atoms with Crippen LogP contribution < -0.4 is 10.1 Å². The quantitative estimate of drug-likeness (QED) is 0.488. The number of halogens is 1. The number of aryl methyl sites for hydroxylation is 2. The Morgan fingerprint density at radius 2 is 2.00 bits per heavy atom. The number of carbonyl (C=O) groups excluding carboxylic acids is 1. The predicted molar refractivity (Wildman–Crippen MR) is 114 cm³/mol. The first kappa shape index (κ1) is 20.3. The van der Waals surface area contributed by atoms with Gasteiger partial charge in [-0.2, -0.15) is 10.2 Å². The Morgan fingerprint density at radius 3 is 2.81 bits per heavy atom. The van der Waals surface area contributed by atoms with E-state index in [0.717, 1.165) is 16.9 Å². The van der Waals surface area contributed by atoms with E-state index in [4.69, 9.17) is 4.74 Å². The lowest BCUT2D eigenvalue weighted by molar-refractivity contribution is 0.102. The van der Waals surface area contributed by atoms with Gasteiger partial charge in [-0.3, -0.25) is 9.48 Å².